The van der Waals surface area contributed by atoms with Crippen LogP contribution in [-0.4, -0.2) is 96.6 Å². The molecule has 1 heterocycles. The molecule has 3 rings (SSSR count). The Balaban J connectivity index is 1.17. The molecule has 0 saturated carbocycles. The summed E-state index contributed by atoms with van der Waals surface area (Å²) in [6.07, 6.45) is 5.35. The normalized spacial score (nSPS) is 13.9. The largest absolute Gasteiger partial charge is 0.361 e. The molecule has 236 valence electrons. The van der Waals surface area contributed by atoms with Crippen LogP contribution < -0.4 is 32.1 Å². The van der Waals surface area contributed by atoms with E-state index in [9.17, 15) is 9.59 Å². The lowest BCUT2D eigenvalue weighted by Gasteiger charge is -2.34. The number of hydrogen-bond acceptors (Lipinski definition) is 8. The summed E-state index contributed by atoms with van der Waals surface area (Å²) >= 11 is 10.6. The first-order chi connectivity index (χ1) is 21.3. The summed E-state index contributed by atoms with van der Waals surface area (Å²) in [5, 5.41) is 21.2. The third kappa shape index (κ3) is 14.5. The number of amides is 2. The number of nitrogens with one attached hydrogen (secondary N) is 6. The van der Waals surface area contributed by atoms with Crippen LogP contribution in [0.5, 0.6) is 0 Å². The van der Waals surface area contributed by atoms with E-state index in [4.69, 9.17) is 24.4 Å². The quantitative estimate of drug-likeness (QED) is 0.0792. The van der Waals surface area contributed by atoms with E-state index >= 15 is 0 Å². The zero-order chi connectivity index (χ0) is 31.6. The molecule has 0 bridgehead atoms. The van der Waals surface area contributed by atoms with Crippen LogP contribution in [0.15, 0.2) is 58.7 Å². The Morgan fingerprint density at radius 3 is 1.39 bits per heavy atom. The van der Waals surface area contributed by atoms with Gasteiger partial charge in [0.25, 0.3) is 0 Å². The fraction of sp³-hybridized carbons (Fsp3) is 0.400. The highest BCUT2D eigenvalue weighted by atomic mass is 32.1. The van der Waals surface area contributed by atoms with Gasteiger partial charge >= 0.3 is 0 Å². The fourth-order valence-corrected chi connectivity index (χ4v) is 4.68. The minimum absolute atomic E-state index is 0.101. The first-order valence-electron chi connectivity index (χ1n) is 14.6. The Hall–Kier alpha value is -3.98. The zero-order valence-corrected chi connectivity index (χ0v) is 26.9. The van der Waals surface area contributed by atoms with Gasteiger partial charge in [-0.3, -0.25) is 20.4 Å². The monoisotopic (exact) mass is 638 g/mol. The molecule has 0 atom stereocenters. The molecule has 14 heteroatoms. The molecule has 6 N–H and O–H groups in total. The maximum Gasteiger partial charge on any atom is 0.221 e. The molecule has 44 heavy (non-hydrogen) atoms. The second kappa shape index (κ2) is 19.3. The van der Waals surface area contributed by atoms with Crippen LogP contribution in [0.25, 0.3) is 0 Å². The maximum atomic E-state index is 11.1. The Bertz CT molecular complexity index is 1180. The molecule has 1 aliphatic rings. The lowest BCUT2D eigenvalue weighted by atomic mass is 10.2. The number of rotatable bonds is 14. The van der Waals surface area contributed by atoms with Gasteiger partial charge in [-0.2, -0.15) is 10.2 Å². The van der Waals surface area contributed by atoms with Gasteiger partial charge < -0.3 is 31.1 Å². The standard InChI is InChI=1S/C30H42N10O2S2/c1-23(41)35-27-9-5-25(6-10-27)21-33-37-29(43)31-13-3-15-39-17-19-40(20-18-39)16-4-14-32-30(44)38-34-22-26-7-11-28(12-8-26)36-24(2)42/h5-12,21-22H,3-4,13-20H2,1-2H3,(H,35,41)(H,36,42)(H2,31,37,43)(H2,32,38,44)/b33-21-,34-22-. The van der Waals surface area contributed by atoms with Crippen LogP contribution in [0.3, 0.4) is 0 Å². The smallest absolute Gasteiger partial charge is 0.221 e. The first kappa shape index (κ1) is 34.5. The molecule has 12 nitrogen and oxygen atoms in total. The maximum absolute atomic E-state index is 11.1. The van der Waals surface area contributed by atoms with Gasteiger partial charge in [-0.15, -0.1) is 0 Å². The minimum atomic E-state index is -0.101. The number of benzene rings is 2. The van der Waals surface area contributed by atoms with Gasteiger partial charge in [0, 0.05) is 64.5 Å². The van der Waals surface area contributed by atoms with Crippen LogP contribution in [0.2, 0.25) is 0 Å². The first-order valence-corrected chi connectivity index (χ1v) is 15.4. The van der Waals surface area contributed by atoms with E-state index in [0.29, 0.717) is 10.2 Å². The number of piperazine rings is 1. The van der Waals surface area contributed by atoms with E-state index in [1.54, 1.807) is 12.4 Å². The molecule has 2 aromatic carbocycles. The van der Waals surface area contributed by atoms with Gasteiger partial charge in [0.1, 0.15) is 0 Å². The molecule has 0 spiro atoms. The molecule has 0 radical (unpaired) electrons. The lowest BCUT2D eigenvalue weighted by Crippen LogP contribution is -2.47. The summed E-state index contributed by atoms with van der Waals surface area (Å²) in [7, 11) is 0. The van der Waals surface area contributed by atoms with Gasteiger partial charge in [0.05, 0.1) is 12.4 Å². The fourth-order valence-electron chi connectivity index (χ4n) is 4.37. The molecule has 1 saturated heterocycles. The Morgan fingerprint density at radius 1 is 0.682 bits per heavy atom. The molecule has 0 aromatic heterocycles. The highest BCUT2D eigenvalue weighted by Gasteiger charge is 2.15. The van der Waals surface area contributed by atoms with Crippen molar-refractivity contribution in [2.75, 3.05) is 63.0 Å². The van der Waals surface area contributed by atoms with Crippen LogP contribution in [0.4, 0.5) is 11.4 Å². The second-order valence-corrected chi connectivity index (χ2v) is 11.1. The molecule has 0 aliphatic carbocycles. The van der Waals surface area contributed by atoms with E-state index in [1.807, 2.05) is 48.5 Å². The second-order valence-electron chi connectivity index (χ2n) is 10.2. The van der Waals surface area contributed by atoms with Crippen molar-refractivity contribution in [2.24, 2.45) is 10.2 Å². The van der Waals surface area contributed by atoms with Crippen LogP contribution in [-0.2, 0) is 9.59 Å². The topological polar surface area (TPSA) is 138 Å². The third-order valence-corrected chi connectivity index (χ3v) is 7.03. The van der Waals surface area contributed by atoms with Crippen molar-refractivity contribution in [3.05, 3.63) is 59.7 Å². The predicted molar refractivity (Wildman–Crippen MR) is 186 cm³/mol. The molecule has 2 aromatic rings. The molecule has 2 amide bonds. The molecule has 1 aliphatic heterocycles. The summed E-state index contributed by atoms with van der Waals surface area (Å²) < 4.78 is 0. The Morgan fingerprint density at radius 2 is 1.05 bits per heavy atom. The molecule has 0 unspecified atom stereocenters. The van der Waals surface area contributed by atoms with Crippen molar-refractivity contribution in [1.29, 1.82) is 0 Å². The van der Waals surface area contributed by atoms with E-state index in [2.05, 4.69) is 52.1 Å². The summed E-state index contributed by atoms with van der Waals surface area (Å²) in [5.74, 6) is -0.202. The number of nitrogens with zero attached hydrogens (tertiary/aromatic N) is 4. The minimum Gasteiger partial charge on any atom is -0.361 e. The van der Waals surface area contributed by atoms with Crippen LogP contribution >= 0.6 is 24.4 Å². The SMILES string of the molecule is CC(=O)Nc1ccc(/C=N\NC(=S)NCCCN2CCN(CCCNC(=S)N/N=C\c3ccc(NC(C)=O)cc3)CC2)cc1. The van der Waals surface area contributed by atoms with E-state index in [-0.39, 0.29) is 11.8 Å². The summed E-state index contributed by atoms with van der Waals surface area (Å²) in [4.78, 5) is 27.2. The van der Waals surface area contributed by atoms with E-state index in [1.165, 1.54) is 13.8 Å². The summed E-state index contributed by atoms with van der Waals surface area (Å²) in [6.45, 7) is 10.8. The number of anilines is 2. The lowest BCUT2D eigenvalue weighted by molar-refractivity contribution is -0.115. The highest BCUT2D eigenvalue weighted by Crippen LogP contribution is 2.09. The predicted octanol–water partition coefficient (Wildman–Crippen LogP) is 2.30. The van der Waals surface area contributed by atoms with Crippen LogP contribution in [0, 0.1) is 0 Å². The van der Waals surface area contributed by atoms with Crippen molar-refractivity contribution in [3.63, 3.8) is 0 Å². The number of hydrogen-bond donors (Lipinski definition) is 6. The van der Waals surface area contributed by atoms with Crippen molar-refractivity contribution in [1.82, 2.24) is 31.3 Å². The van der Waals surface area contributed by atoms with Gasteiger partial charge in [0.15, 0.2) is 10.2 Å². The van der Waals surface area contributed by atoms with Gasteiger partial charge in [-0.05, 0) is 85.8 Å². The highest BCUT2D eigenvalue weighted by molar-refractivity contribution is 7.80. The van der Waals surface area contributed by atoms with Crippen molar-refractivity contribution in [3.8, 4) is 0 Å². The van der Waals surface area contributed by atoms with Gasteiger partial charge in [0.2, 0.25) is 11.8 Å². The van der Waals surface area contributed by atoms with Gasteiger partial charge in [-0.1, -0.05) is 24.3 Å². The third-order valence-electron chi connectivity index (χ3n) is 6.56. The average molecular weight is 639 g/mol. The number of thiocarbonyl (C=S) groups is 2. The number of hydrazone groups is 2. The average Bonchev–Trinajstić information content (AvgIpc) is 2.99. The summed E-state index contributed by atoms with van der Waals surface area (Å²) in [5.41, 5.74) is 8.98. The van der Waals surface area contributed by atoms with Gasteiger partial charge in [-0.25, -0.2) is 0 Å². The van der Waals surface area contributed by atoms with Crippen LogP contribution in [0.1, 0.15) is 37.8 Å². The van der Waals surface area contributed by atoms with Crippen molar-refractivity contribution in [2.45, 2.75) is 26.7 Å². The van der Waals surface area contributed by atoms with E-state index < -0.39 is 0 Å². The Kier molecular flexibility index (Phi) is 15.2. The molecular formula is C30H42N10O2S2. The number of carbonyl (C=O) groups excluding carboxylic acids is 2. The molecular weight excluding hydrogens is 597 g/mol. The van der Waals surface area contributed by atoms with E-state index in [0.717, 1.165) is 87.7 Å². The summed E-state index contributed by atoms with van der Waals surface area (Å²) in [6, 6.07) is 14.8. The zero-order valence-electron chi connectivity index (χ0n) is 25.3. The van der Waals surface area contributed by atoms with Crippen molar-refractivity contribution < 1.29 is 9.59 Å². The number of carbonyl (C=O) groups is 2. The molecule has 1 fully saturated rings. The Labute approximate surface area is 270 Å². The van der Waals surface area contributed by atoms with Crippen molar-refractivity contribution >= 4 is 70.3 Å².